The molecule has 1 aromatic rings. The van der Waals surface area contributed by atoms with E-state index >= 15 is 0 Å². The molecule has 2 unspecified atom stereocenters. The Morgan fingerprint density at radius 1 is 1.50 bits per heavy atom. The van der Waals surface area contributed by atoms with E-state index in [0.717, 1.165) is 0 Å². The standard InChI is InChI=1S/C11H14ClFO/c1-3-10(14)7(2)11-8(12)5-4-6-9(11)13/h4-7,10,14H,3H2,1-2H3. The van der Waals surface area contributed by atoms with Gasteiger partial charge in [0.2, 0.25) is 0 Å². The van der Waals surface area contributed by atoms with Gasteiger partial charge in [0.1, 0.15) is 5.82 Å². The van der Waals surface area contributed by atoms with Crippen LogP contribution in [0.4, 0.5) is 4.39 Å². The number of hydrogen-bond acceptors (Lipinski definition) is 1. The van der Waals surface area contributed by atoms with Crippen LogP contribution in [0, 0.1) is 5.82 Å². The average Bonchev–Trinajstić information content (AvgIpc) is 2.16. The molecule has 0 amide bonds. The highest BCUT2D eigenvalue weighted by Gasteiger charge is 2.20. The topological polar surface area (TPSA) is 20.2 Å². The van der Waals surface area contributed by atoms with E-state index in [4.69, 9.17) is 11.6 Å². The summed E-state index contributed by atoms with van der Waals surface area (Å²) in [6, 6.07) is 4.56. The maximum atomic E-state index is 13.4. The number of aliphatic hydroxyl groups is 1. The van der Waals surface area contributed by atoms with Crippen molar-refractivity contribution in [3.05, 3.63) is 34.6 Å². The number of halogens is 2. The molecule has 0 aliphatic rings. The Morgan fingerprint density at radius 3 is 2.64 bits per heavy atom. The van der Waals surface area contributed by atoms with E-state index in [-0.39, 0.29) is 11.7 Å². The van der Waals surface area contributed by atoms with Gasteiger partial charge in [0.15, 0.2) is 0 Å². The fourth-order valence-corrected chi connectivity index (χ4v) is 1.83. The minimum atomic E-state index is -0.551. The van der Waals surface area contributed by atoms with Crippen molar-refractivity contribution in [2.24, 2.45) is 0 Å². The van der Waals surface area contributed by atoms with Gasteiger partial charge in [-0.05, 0) is 18.6 Å². The molecule has 0 heterocycles. The van der Waals surface area contributed by atoms with E-state index in [2.05, 4.69) is 0 Å². The van der Waals surface area contributed by atoms with Crippen molar-refractivity contribution < 1.29 is 9.50 Å². The summed E-state index contributed by atoms with van der Waals surface area (Å²) < 4.78 is 13.4. The fraction of sp³-hybridized carbons (Fsp3) is 0.455. The predicted molar refractivity (Wildman–Crippen MR) is 56.1 cm³/mol. The van der Waals surface area contributed by atoms with Crippen molar-refractivity contribution >= 4 is 11.6 Å². The third-order valence-corrected chi connectivity index (χ3v) is 2.78. The first-order valence-corrected chi connectivity index (χ1v) is 5.07. The van der Waals surface area contributed by atoms with E-state index < -0.39 is 6.10 Å². The highest BCUT2D eigenvalue weighted by molar-refractivity contribution is 6.31. The molecule has 0 fully saturated rings. The molecule has 0 spiro atoms. The molecule has 0 aliphatic carbocycles. The minimum Gasteiger partial charge on any atom is -0.393 e. The van der Waals surface area contributed by atoms with Gasteiger partial charge in [0.25, 0.3) is 0 Å². The summed E-state index contributed by atoms with van der Waals surface area (Å²) in [5.74, 6) is -0.619. The molecule has 3 heteroatoms. The summed E-state index contributed by atoms with van der Waals surface area (Å²) in [5, 5.41) is 9.98. The minimum absolute atomic E-state index is 0.270. The van der Waals surface area contributed by atoms with Gasteiger partial charge in [-0.1, -0.05) is 31.5 Å². The van der Waals surface area contributed by atoms with Crippen LogP contribution < -0.4 is 0 Å². The molecular formula is C11H14ClFO. The molecule has 1 nitrogen and oxygen atoms in total. The van der Waals surface area contributed by atoms with E-state index in [1.165, 1.54) is 6.07 Å². The molecule has 0 saturated carbocycles. The number of hydrogen-bond donors (Lipinski definition) is 1. The molecule has 0 radical (unpaired) electrons. The van der Waals surface area contributed by atoms with Gasteiger partial charge in [0, 0.05) is 16.5 Å². The lowest BCUT2D eigenvalue weighted by atomic mass is 9.93. The molecule has 0 saturated heterocycles. The lowest BCUT2D eigenvalue weighted by Crippen LogP contribution is -2.16. The van der Waals surface area contributed by atoms with E-state index in [1.807, 2.05) is 6.92 Å². The Hall–Kier alpha value is -0.600. The SMILES string of the molecule is CCC(O)C(C)c1c(F)cccc1Cl. The van der Waals surface area contributed by atoms with Crippen LogP contribution in [0.2, 0.25) is 5.02 Å². The molecule has 78 valence electrons. The quantitative estimate of drug-likeness (QED) is 0.822. The Balaban J connectivity index is 3.05. The molecule has 1 N–H and O–H groups in total. The van der Waals surface area contributed by atoms with Crippen molar-refractivity contribution in [1.82, 2.24) is 0 Å². The first-order chi connectivity index (χ1) is 6.57. The molecule has 2 atom stereocenters. The highest BCUT2D eigenvalue weighted by atomic mass is 35.5. The van der Waals surface area contributed by atoms with E-state index in [9.17, 15) is 9.50 Å². The molecule has 14 heavy (non-hydrogen) atoms. The Labute approximate surface area is 88.5 Å². The molecule has 1 aromatic carbocycles. The zero-order valence-corrected chi connectivity index (χ0v) is 9.05. The predicted octanol–water partition coefficient (Wildman–Crippen LogP) is 3.35. The van der Waals surface area contributed by atoms with Crippen LogP contribution >= 0.6 is 11.6 Å². The maximum absolute atomic E-state index is 13.4. The zero-order chi connectivity index (χ0) is 10.7. The summed E-state index contributed by atoms with van der Waals surface area (Å²) in [5.41, 5.74) is 0.406. The van der Waals surface area contributed by atoms with Crippen LogP contribution in [0.3, 0.4) is 0 Å². The zero-order valence-electron chi connectivity index (χ0n) is 8.30. The number of rotatable bonds is 3. The van der Waals surface area contributed by atoms with Crippen LogP contribution in [0.25, 0.3) is 0 Å². The average molecular weight is 217 g/mol. The van der Waals surface area contributed by atoms with Gasteiger partial charge < -0.3 is 5.11 Å². The van der Waals surface area contributed by atoms with Gasteiger partial charge >= 0.3 is 0 Å². The van der Waals surface area contributed by atoms with Crippen molar-refractivity contribution in [1.29, 1.82) is 0 Å². The second-order valence-corrected chi connectivity index (χ2v) is 3.81. The number of benzene rings is 1. The Bertz CT molecular complexity index is 294. The summed E-state index contributed by atoms with van der Waals surface area (Å²) in [6.45, 7) is 3.63. The normalized spacial score (nSPS) is 15.2. The van der Waals surface area contributed by atoms with Crippen molar-refractivity contribution in [2.45, 2.75) is 32.3 Å². The third-order valence-electron chi connectivity index (χ3n) is 2.45. The van der Waals surface area contributed by atoms with E-state index in [0.29, 0.717) is 17.0 Å². The first kappa shape index (κ1) is 11.5. The van der Waals surface area contributed by atoms with Gasteiger partial charge in [-0.3, -0.25) is 0 Å². The van der Waals surface area contributed by atoms with Gasteiger partial charge in [-0.15, -0.1) is 0 Å². The van der Waals surface area contributed by atoms with Crippen LogP contribution in [0.5, 0.6) is 0 Å². The highest BCUT2D eigenvalue weighted by Crippen LogP contribution is 2.30. The number of aliphatic hydroxyl groups excluding tert-OH is 1. The van der Waals surface area contributed by atoms with Crippen LogP contribution in [-0.4, -0.2) is 11.2 Å². The molecule has 0 aliphatic heterocycles. The molecule has 1 rings (SSSR count). The largest absolute Gasteiger partial charge is 0.393 e. The molecular weight excluding hydrogens is 203 g/mol. The Morgan fingerprint density at radius 2 is 2.14 bits per heavy atom. The first-order valence-electron chi connectivity index (χ1n) is 4.69. The van der Waals surface area contributed by atoms with Crippen LogP contribution in [-0.2, 0) is 0 Å². The van der Waals surface area contributed by atoms with Gasteiger partial charge in [-0.2, -0.15) is 0 Å². The van der Waals surface area contributed by atoms with Crippen molar-refractivity contribution in [3.63, 3.8) is 0 Å². The van der Waals surface area contributed by atoms with Gasteiger partial charge in [-0.25, -0.2) is 4.39 Å². The van der Waals surface area contributed by atoms with Gasteiger partial charge in [0.05, 0.1) is 6.10 Å². The van der Waals surface area contributed by atoms with E-state index in [1.54, 1.807) is 19.1 Å². The van der Waals surface area contributed by atoms with Crippen LogP contribution in [0.1, 0.15) is 31.7 Å². The van der Waals surface area contributed by atoms with Crippen molar-refractivity contribution in [3.8, 4) is 0 Å². The second-order valence-electron chi connectivity index (χ2n) is 3.40. The molecule has 0 aromatic heterocycles. The summed E-state index contributed by atoms with van der Waals surface area (Å²) in [7, 11) is 0. The van der Waals surface area contributed by atoms with Crippen molar-refractivity contribution in [2.75, 3.05) is 0 Å². The monoisotopic (exact) mass is 216 g/mol. The maximum Gasteiger partial charge on any atom is 0.128 e. The lowest BCUT2D eigenvalue weighted by Gasteiger charge is -2.19. The smallest absolute Gasteiger partial charge is 0.128 e. The fourth-order valence-electron chi connectivity index (χ4n) is 1.49. The lowest BCUT2D eigenvalue weighted by molar-refractivity contribution is 0.143. The third kappa shape index (κ3) is 2.25. The van der Waals surface area contributed by atoms with Crippen LogP contribution in [0.15, 0.2) is 18.2 Å². The Kier molecular flexibility index (Phi) is 3.90. The second kappa shape index (κ2) is 4.76. The summed E-state index contributed by atoms with van der Waals surface area (Å²) >= 11 is 5.87. The molecule has 0 bridgehead atoms. The summed E-state index contributed by atoms with van der Waals surface area (Å²) in [6.07, 6.45) is 0.0376. The summed E-state index contributed by atoms with van der Waals surface area (Å²) in [4.78, 5) is 0.